The number of sulfone groups is 1. The lowest BCUT2D eigenvalue weighted by atomic mass is 10.2. The highest BCUT2D eigenvalue weighted by Gasteiger charge is 2.31. The van der Waals surface area contributed by atoms with Crippen molar-refractivity contribution in [3.63, 3.8) is 0 Å². The van der Waals surface area contributed by atoms with Crippen molar-refractivity contribution in [3.8, 4) is 0 Å². The molecule has 3 N–H and O–H groups in total. The van der Waals surface area contributed by atoms with Crippen LogP contribution in [0.2, 0.25) is 0 Å². The van der Waals surface area contributed by atoms with Gasteiger partial charge in [-0.25, -0.2) is 8.42 Å². The van der Waals surface area contributed by atoms with Gasteiger partial charge in [0.25, 0.3) is 5.69 Å². The molecule has 0 aromatic heterocycles. The van der Waals surface area contributed by atoms with Crippen molar-refractivity contribution >= 4 is 26.9 Å². The van der Waals surface area contributed by atoms with Crippen LogP contribution in [0.4, 0.5) is 17.1 Å². The molecule has 0 spiro atoms. The maximum atomic E-state index is 11.5. The van der Waals surface area contributed by atoms with E-state index in [9.17, 15) is 18.5 Å². The molecular weight excluding hydrogens is 284 g/mol. The van der Waals surface area contributed by atoms with E-state index in [4.69, 9.17) is 5.84 Å². The first-order valence-electron chi connectivity index (χ1n) is 6.02. The second kappa shape index (κ2) is 5.25. The number of anilines is 2. The Kier molecular flexibility index (Phi) is 3.82. The van der Waals surface area contributed by atoms with Gasteiger partial charge in [-0.05, 0) is 12.5 Å². The van der Waals surface area contributed by atoms with E-state index in [1.54, 1.807) is 18.0 Å². The summed E-state index contributed by atoms with van der Waals surface area (Å²) in [5.74, 6) is 5.52. The molecule has 1 aliphatic heterocycles. The Morgan fingerprint density at radius 2 is 2.15 bits per heavy atom. The molecule has 0 bridgehead atoms. The Balaban J connectivity index is 2.32. The van der Waals surface area contributed by atoms with Gasteiger partial charge in [0, 0.05) is 30.9 Å². The zero-order valence-electron chi connectivity index (χ0n) is 10.9. The van der Waals surface area contributed by atoms with E-state index < -0.39 is 14.8 Å². The van der Waals surface area contributed by atoms with Crippen molar-refractivity contribution in [2.75, 3.05) is 28.9 Å². The number of rotatable bonds is 4. The first kappa shape index (κ1) is 14.5. The van der Waals surface area contributed by atoms with Gasteiger partial charge in [-0.3, -0.25) is 16.0 Å². The molecule has 9 heteroatoms. The van der Waals surface area contributed by atoms with E-state index in [0.29, 0.717) is 17.8 Å². The number of nitrogens with zero attached hydrogens (tertiary/aromatic N) is 2. The molecular formula is C11H16N4O4S. The molecule has 1 aromatic rings. The normalized spacial score (nSPS) is 20.6. The number of nitrogens with two attached hydrogens (primary N) is 1. The van der Waals surface area contributed by atoms with Crippen LogP contribution in [-0.4, -0.2) is 37.9 Å². The summed E-state index contributed by atoms with van der Waals surface area (Å²) in [6.45, 7) is 0. The number of nitrogens with one attached hydrogen (secondary N) is 1. The first-order valence-corrected chi connectivity index (χ1v) is 7.84. The van der Waals surface area contributed by atoms with E-state index >= 15 is 0 Å². The Hall–Kier alpha value is -1.87. The van der Waals surface area contributed by atoms with E-state index in [1.165, 1.54) is 12.1 Å². The van der Waals surface area contributed by atoms with Gasteiger partial charge in [-0.15, -0.1) is 0 Å². The molecule has 0 aliphatic carbocycles. The molecule has 1 atom stereocenters. The lowest BCUT2D eigenvalue weighted by Gasteiger charge is -2.25. The van der Waals surface area contributed by atoms with Gasteiger partial charge < -0.3 is 10.3 Å². The zero-order valence-corrected chi connectivity index (χ0v) is 11.8. The van der Waals surface area contributed by atoms with Crippen molar-refractivity contribution in [1.82, 2.24) is 0 Å². The molecule has 2 rings (SSSR count). The molecule has 0 saturated carbocycles. The quantitative estimate of drug-likeness (QED) is 0.472. The molecule has 1 heterocycles. The Labute approximate surface area is 116 Å². The minimum absolute atomic E-state index is 0.0670. The van der Waals surface area contributed by atoms with Crippen molar-refractivity contribution in [3.05, 3.63) is 28.3 Å². The minimum Gasteiger partial charge on any atom is -0.370 e. The fourth-order valence-electron chi connectivity index (χ4n) is 2.28. The van der Waals surface area contributed by atoms with Gasteiger partial charge in [-0.1, -0.05) is 0 Å². The predicted molar refractivity (Wildman–Crippen MR) is 76.4 cm³/mol. The molecule has 1 fully saturated rings. The molecule has 1 aliphatic rings. The molecule has 8 nitrogen and oxygen atoms in total. The van der Waals surface area contributed by atoms with Gasteiger partial charge in [-0.2, -0.15) is 0 Å². The van der Waals surface area contributed by atoms with Crippen LogP contribution in [0.15, 0.2) is 18.2 Å². The van der Waals surface area contributed by atoms with Crippen LogP contribution in [0.5, 0.6) is 0 Å². The Morgan fingerprint density at radius 3 is 2.65 bits per heavy atom. The first-order chi connectivity index (χ1) is 9.32. The number of non-ortho nitro benzene ring substituents is 1. The Bertz CT molecular complexity index is 631. The summed E-state index contributed by atoms with van der Waals surface area (Å²) in [4.78, 5) is 12.1. The average Bonchev–Trinajstić information content (AvgIpc) is 2.77. The summed E-state index contributed by atoms with van der Waals surface area (Å²) in [5.41, 5.74) is 3.25. The second-order valence-corrected chi connectivity index (χ2v) is 7.04. The van der Waals surface area contributed by atoms with Crippen LogP contribution >= 0.6 is 0 Å². The van der Waals surface area contributed by atoms with Crippen LogP contribution < -0.4 is 16.2 Å². The monoisotopic (exact) mass is 300 g/mol. The number of nitrogen functional groups attached to an aromatic ring is 1. The second-order valence-electron chi connectivity index (χ2n) is 4.81. The SMILES string of the molecule is CN(c1cc(NN)cc([N+](=O)[O-])c1)C1CCS(=O)(=O)C1. The standard InChI is InChI=1S/C11H16N4O4S/c1-14(9-2-3-20(18,19)7-9)10-4-8(13-12)5-11(6-10)15(16)17/h4-6,9,13H,2-3,7,12H2,1H3. The Morgan fingerprint density at radius 1 is 1.45 bits per heavy atom. The molecule has 1 aromatic carbocycles. The summed E-state index contributed by atoms with van der Waals surface area (Å²) in [5, 5.41) is 10.9. The average molecular weight is 300 g/mol. The number of hydrogen-bond donors (Lipinski definition) is 2. The lowest BCUT2D eigenvalue weighted by molar-refractivity contribution is -0.384. The van der Waals surface area contributed by atoms with Crippen LogP contribution in [-0.2, 0) is 9.84 Å². The van der Waals surface area contributed by atoms with Crippen molar-refractivity contribution in [1.29, 1.82) is 0 Å². The van der Waals surface area contributed by atoms with Gasteiger partial charge in [0.1, 0.15) is 0 Å². The molecule has 1 unspecified atom stereocenters. The van der Waals surface area contributed by atoms with Crippen LogP contribution in [0.1, 0.15) is 6.42 Å². The number of hydrazine groups is 1. The molecule has 0 amide bonds. The van der Waals surface area contributed by atoms with Gasteiger partial charge >= 0.3 is 0 Å². The highest BCUT2D eigenvalue weighted by atomic mass is 32.2. The molecule has 110 valence electrons. The predicted octanol–water partition coefficient (Wildman–Crippen LogP) is 0.504. The van der Waals surface area contributed by atoms with Gasteiger partial charge in [0.2, 0.25) is 0 Å². The van der Waals surface area contributed by atoms with E-state index in [0.717, 1.165) is 0 Å². The van der Waals surface area contributed by atoms with Crippen LogP contribution in [0.3, 0.4) is 0 Å². The molecule has 0 radical (unpaired) electrons. The van der Waals surface area contributed by atoms with Crippen LogP contribution in [0.25, 0.3) is 0 Å². The topological polar surface area (TPSA) is 119 Å². The third-order valence-electron chi connectivity index (χ3n) is 3.44. The molecule has 20 heavy (non-hydrogen) atoms. The maximum absolute atomic E-state index is 11.5. The number of nitro groups is 1. The summed E-state index contributed by atoms with van der Waals surface area (Å²) >= 11 is 0. The highest BCUT2D eigenvalue weighted by Crippen LogP contribution is 2.29. The van der Waals surface area contributed by atoms with Gasteiger partial charge in [0.05, 0.1) is 22.1 Å². The third-order valence-corrected chi connectivity index (χ3v) is 5.19. The fraction of sp³-hybridized carbons (Fsp3) is 0.455. The van der Waals surface area contributed by atoms with E-state index in [-0.39, 0.29) is 23.2 Å². The maximum Gasteiger partial charge on any atom is 0.273 e. The third kappa shape index (κ3) is 2.99. The highest BCUT2D eigenvalue weighted by molar-refractivity contribution is 7.91. The fourth-order valence-corrected chi connectivity index (χ4v) is 4.05. The zero-order chi connectivity index (χ0) is 14.9. The van der Waals surface area contributed by atoms with E-state index in [2.05, 4.69) is 5.43 Å². The van der Waals surface area contributed by atoms with Crippen LogP contribution in [0, 0.1) is 10.1 Å². The summed E-state index contributed by atoms with van der Waals surface area (Å²) < 4.78 is 23.0. The number of nitro benzene ring substituents is 1. The number of benzene rings is 1. The number of hydrogen-bond acceptors (Lipinski definition) is 7. The summed E-state index contributed by atoms with van der Waals surface area (Å²) in [7, 11) is -1.28. The van der Waals surface area contributed by atoms with Crippen molar-refractivity contribution in [2.24, 2.45) is 5.84 Å². The van der Waals surface area contributed by atoms with Crippen molar-refractivity contribution < 1.29 is 13.3 Å². The van der Waals surface area contributed by atoms with Crippen molar-refractivity contribution in [2.45, 2.75) is 12.5 Å². The largest absolute Gasteiger partial charge is 0.370 e. The summed E-state index contributed by atoms with van der Waals surface area (Å²) in [6.07, 6.45) is 0.521. The summed E-state index contributed by atoms with van der Waals surface area (Å²) in [6, 6.07) is 4.21. The van der Waals surface area contributed by atoms with Gasteiger partial charge in [0.15, 0.2) is 9.84 Å². The smallest absolute Gasteiger partial charge is 0.273 e. The molecule has 1 saturated heterocycles. The minimum atomic E-state index is -3.01. The van der Waals surface area contributed by atoms with E-state index in [1.807, 2.05) is 0 Å². The lowest BCUT2D eigenvalue weighted by Crippen LogP contribution is -2.32.